The summed E-state index contributed by atoms with van der Waals surface area (Å²) in [6.45, 7) is 0.829. The van der Waals surface area contributed by atoms with E-state index in [9.17, 15) is 0 Å². The molecule has 0 aromatic carbocycles. The van der Waals surface area contributed by atoms with E-state index in [1.807, 2.05) is 0 Å². The molecule has 0 aliphatic carbocycles. The second-order valence-corrected chi connectivity index (χ2v) is 55.8. The van der Waals surface area contributed by atoms with Crippen molar-refractivity contribution in [2.75, 3.05) is 6.54 Å². The fraction of sp³-hybridized carbons (Fsp3) is 1.00. The van der Waals surface area contributed by atoms with Crippen molar-refractivity contribution in [2.45, 2.75) is 23.7 Å². The van der Waals surface area contributed by atoms with E-state index in [4.69, 9.17) is 5.73 Å². The monoisotopic (exact) mass is 443 g/mol. The van der Waals surface area contributed by atoms with Gasteiger partial charge in [-0.2, -0.15) is 0 Å². The van der Waals surface area contributed by atoms with Gasteiger partial charge in [0.25, 0.3) is 0 Å². The average Bonchev–Trinajstić information content (AvgIpc) is 1.78. The maximum absolute atomic E-state index is 5.36. The molecule has 0 bridgehead atoms. The molecule has 0 atom stereocenters. The second-order valence-electron chi connectivity index (χ2n) is 2.21. The van der Waals surface area contributed by atoms with Gasteiger partial charge in [0.1, 0.15) is 0 Å². The first-order valence-corrected chi connectivity index (χ1v) is 24.5. The molecular weight excluding hydrogens is 432 g/mol. The van der Waals surface area contributed by atoms with Crippen LogP contribution in [0.4, 0.5) is 0 Å². The Balaban J connectivity index is 3.04. The van der Waals surface area contributed by atoms with Crippen LogP contribution in [-0.2, 0) is 0 Å². The molecule has 10 heavy (non-hydrogen) atoms. The Bertz CT molecular complexity index is 83.5. The summed E-state index contributed by atoms with van der Waals surface area (Å²) in [7, 11) is 0. The molecule has 0 unspecified atom stereocenters. The Morgan fingerprint density at radius 2 is 1.60 bits per heavy atom. The van der Waals surface area contributed by atoms with Crippen LogP contribution in [0.2, 0.25) is 4.44 Å². The van der Waals surface area contributed by atoms with Crippen molar-refractivity contribution in [2.24, 2.45) is 5.73 Å². The van der Waals surface area contributed by atoms with Crippen LogP contribution in [0.1, 0.15) is 19.3 Å². The predicted octanol–water partition coefficient (Wildman–Crippen LogP) is 3.24. The number of unbranched alkanes of at least 4 members (excludes halogenated alkanes) is 2. The van der Waals surface area contributed by atoms with Gasteiger partial charge in [0.05, 0.1) is 0 Å². The Hall–Kier alpha value is 2.20. The van der Waals surface area contributed by atoms with E-state index in [0.717, 1.165) is 13.0 Å². The van der Waals surface area contributed by atoms with Crippen molar-refractivity contribution < 1.29 is 0 Å². The summed E-state index contributed by atoms with van der Waals surface area (Å²) in [5, 5.41) is 0. The maximum atomic E-state index is 5.36. The van der Waals surface area contributed by atoms with Crippen LogP contribution in [0.15, 0.2) is 0 Å². The molecule has 0 saturated heterocycles. The van der Waals surface area contributed by atoms with Crippen molar-refractivity contribution in [3.05, 3.63) is 0 Å². The zero-order chi connectivity index (χ0) is 8.04. The number of halogens is 3. The van der Waals surface area contributed by atoms with Gasteiger partial charge in [-0.25, -0.2) is 0 Å². The molecule has 0 spiro atoms. The first-order chi connectivity index (χ1) is 4.56. The van der Waals surface area contributed by atoms with Gasteiger partial charge in [-0.3, -0.25) is 0 Å². The molecule has 0 radical (unpaired) electrons. The molecule has 0 heterocycles. The second kappa shape index (κ2) is 6.69. The topological polar surface area (TPSA) is 26.0 Å². The Labute approximate surface area is 84.6 Å². The summed E-state index contributed by atoms with van der Waals surface area (Å²) in [5.41, 5.74) is 5.36. The number of rotatable bonds is 5. The molecule has 0 aromatic rings. The number of nitrogens with two attached hydrogens (primary N) is 1. The molecule has 0 rings (SSSR count). The van der Waals surface area contributed by atoms with Crippen LogP contribution < -0.4 is 5.73 Å². The normalized spacial score (nSPS) is 12.0. The van der Waals surface area contributed by atoms with E-state index in [1.54, 1.807) is 0 Å². The van der Waals surface area contributed by atoms with Gasteiger partial charge in [0.2, 0.25) is 0 Å². The molecule has 0 fully saturated rings. The van der Waals surface area contributed by atoms with Crippen LogP contribution in [0, 0.1) is 0 Å². The summed E-state index contributed by atoms with van der Waals surface area (Å²) >= 11 is 8.97. The van der Waals surface area contributed by atoms with Crippen molar-refractivity contribution in [1.29, 1.82) is 0 Å². The third-order valence-electron chi connectivity index (χ3n) is 1.16. The van der Waals surface area contributed by atoms with E-state index >= 15 is 0 Å². The van der Waals surface area contributed by atoms with E-state index in [0.29, 0.717) is 0 Å². The summed E-state index contributed by atoms with van der Waals surface area (Å²) in [4.78, 5) is 0. The molecular formula is C5H12Br3NSn. The Morgan fingerprint density at radius 1 is 1.00 bits per heavy atom. The third kappa shape index (κ3) is 10.2. The Morgan fingerprint density at radius 3 is 2.00 bits per heavy atom. The fourth-order valence-corrected chi connectivity index (χ4v) is 8.15. The van der Waals surface area contributed by atoms with Crippen LogP contribution in [0.25, 0.3) is 0 Å². The van der Waals surface area contributed by atoms with Gasteiger partial charge >= 0.3 is 85.8 Å². The van der Waals surface area contributed by atoms with Gasteiger partial charge in [-0.15, -0.1) is 0 Å². The zero-order valence-corrected chi connectivity index (χ0v) is 13.4. The first-order valence-electron chi connectivity index (χ1n) is 3.33. The molecule has 0 amide bonds. The summed E-state index contributed by atoms with van der Waals surface area (Å²) in [5.74, 6) is 0. The first kappa shape index (κ1) is 12.2. The molecule has 0 aliphatic heterocycles. The van der Waals surface area contributed by atoms with Crippen LogP contribution >= 0.6 is 38.1 Å². The van der Waals surface area contributed by atoms with Gasteiger partial charge in [-0.1, -0.05) is 0 Å². The SMILES string of the molecule is NCCCC[CH2][Sn]([Br])([Br])[Br]. The van der Waals surface area contributed by atoms with E-state index in [1.165, 1.54) is 17.3 Å². The van der Waals surface area contributed by atoms with Gasteiger partial charge in [-0.05, 0) is 0 Å². The van der Waals surface area contributed by atoms with Crippen molar-refractivity contribution in [3.63, 3.8) is 0 Å². The third-order valence-corrected chi connectivity index (χ3v) is 11.8. The predicted molar refractivity (Wildman–Crippen MR) is 60.2 cm³/mol. The molecule has 0 saturated carbocycles. The number of hydrogen-bond donors (Lipinski definition) is 1. The molecule has 5 heteroatoms. The minimum absolute atomic E-state index is 0.829. The average molecular weight is 445 g/mol. The summed E-state index contributed by atoms with van der Waals surface area (Å²) in [6.07, 6.45) is 3.71. The standard InChI is InChI=1S/C5H12N.3BrH.Sn/c1-2-3-4-5-6;;;;/h1-6H2;3*1H;/q;;;;+3/p-3. The van der Waals surface area contributed by atoms with E-state index < -0.39 is 11.7 Å². The quantitative estimate of drug-likeness (QED) is 0.511. The minimum atomic E-state index is -1.95. The summed E-state index contributed by atoms with van der Waals surface area (Å²) in [6, 6.07) is 0. The van der Waals surface area contributed by atoms with Crippen molar-refractivity contribution in [1.82, 2.24) is 0 Å². The Kier molecular flexibility index (Phi) is 8.16. The van der Waals surface area contributed by atoms with Gasteiger partial charge < -0.3 is 0 Å². The van der Waals surface area contributed by atoms with Crippen LogP contribution in [0.5, 0.6) is 0 Å². The number of hydrogen-bond acceptors (Lipinski definition) is 1. The van der Waals surface area contributed by atoms with Gasteiger partial charge in [0.15, 0.2) is 0 Å². The van der Waals surface area contributed by atoms with E-state index in [2.05, 4.69) is 38.1 Å². The van der Waals surface area contributed by atoms with Crippen LogP contribution in [0.3, 0.4) is 0 Å². The molecule has 0 aliphatic rings. The zero-order valence-electron chi connectivity index (χ0n) is 5.75. The fourth-order valence-electron chi connectivity index (χ4n) is 0.647. The molecule has 62 valence electrons. The molecule has 0 aromatic heterocycles. The molecule has 2 N–H and O–H groups in total. The summed E-state index contributed by atoms with van der Waals surface area (Å²) < 4.78 is 1.29. The molecule has 1 nitrogen and oxygen atoms in total. The van der Waals surface area contributed by atoms with Crippen molar-refractivity contribution in [3.8, 4) is 0 Å². The van der Waals surface area contributed by atoms with E-state index in [-0.39, 0.29) is 0 Å². The van der Waals surface area contributed by atoms with Gasteiger partial charge in [0, 0.05) is 0 Å². The van der Waals surface area contributed by atoms with Crippen LogP contribution in [-0.4, -0.2) is 18.3 Å². The van der Waals surface area contributed by atoms with Crippen molar-refractivity contribution >= 4 is 49.8 Å².